The van der Waals surface area contributed by atoms with E-state index in [0.29, 0.717) is 17.7 Å². The smallest absolute Gasteiger partial charge is 0.211 e. The number of aromatic nitrogens is 2. The van der Waals surface area contributed by atoms with Crippen LogP contribution in [0.25, 0.3) is 16.6 Å². The highest BCUT2D eigenvalue weighted by molar-refractivity contribution is 7.94. The van der Waals surface area contributed by atoms with E-state index in [-0.39, 0.29) is 39.6 Å². The van der Waals surface area contributed by atoms with E-state index in [1.807, 2.05) is 0 Å². The molecule has 0 spiro atoms. The second-order valence-electron chi connectivity index (χ2n) is 8.61. The molecule has 0 saturated carbocycles. The van der Waals surface area contributed by atoms with Crippen molar-refractivity contribution in [3.8, 4) is 16.9 Å². The molecule has 0 radical (unpaired) electrons. The van der Waals surface area contributed by atoms with E-state index >= 15 is 0 Å². The molecule has 1 aromatic carbocycles. The lowest BCUT2D eigenvalue weighted by Crippen LogP contribution is -2.17. The molecule has 0 aliphatic heterocycles. The number of pyridine rings is 2. The molecular weight excluding hydrogens is 512 g/mol. The standard InChI is InChI=1S/C27H28N2O6S2/c1-4-16-36(31,32)26-23-18-21(19-10-13-28-14-11-19)12-15-29(23)24(27(26)37(33,34)17-5-2)25(30)20-6-8-22(35-3)9-7-20/h6-15,18H,4-5,16-17H2,1-3H3. The lowest BCUT2D eigenvalue weighted by Gasteiger charge is -2.09. The number of rotatable bonds is 10. The van der Waals surface area contributed by atoms with Gasteiger partial charge >= 0.3 is 0 Å². The van der Waals surface area contributed by atoms with Crippen molar-refractivity contribution in [2.45, 2.75) is 36.5 Å². The van der Waals surface area contributed by atoms with Gasteiger partial charge in [0.1, 0.15) is 21.2 Å². The third-order valence-corrected chi connectivity index (χ3v) is 10.1. The molecule has 194 valence electrons. The molecule has 10 heteroatoms. The predicted octanol–water partition coefficient (Wildman–Crippen LogP) is 4.61. The normalized spacial score (nSPS) is 12.1. The van der Waals surface area contributed by atoms with Crippen LogP contribution >= 0.6 is 0 Å². The highest BCUT2D eigenvalue weighted by Gasteiger charge is 2.37. The van der Waals surface area contributed by atoms with E-state index in [1.165, 1.54) is 23.6 Å². The molecule has 0 aliphatic rings. The van der Waals surface area contributed by atoms with E-state index in [9.17, 15) is 21.6 Å². The van der Waals surface area contributed by atoms with Crippen molar-refractivity contribution in [3.63, 3.8) is 0 Å². The number of hydrogen-bond acceptors (Lipinski definition) is 7. The minimum Gasteiger partial charge on any atom is -0.497 e. The molecule has 8 nitrogen and oxygen atoms in total. The summed E-state index contributed by atoms with van der Waals surface area (Å²) in [6, 6.07) is 13.1. The van der Waals surface area contributed by atoms with Crippen molar-refractivity contribution >= 4 is 31.0 Å². The van der Waals surface area contributed by atoms with Crippen LogP contribution in [0.15, 0.2) is 76.9 Å². The molecule has 0 amide bonds. The number of methoxy groups -OCH3 is 1. The van der Waals surface area contributed by atoms with E-state index in [2.05, 4.69) is 4.98 Å². The third kappa shape index (κ3) is 5.03. The highest BCUT2D eigenvalue weighted by atomic mass is 32.2. The third-order valence-electron chi connectivity index (χ3n) is 6.00. The summed E-state index contributed by atoms with van der Waals surface area (Å²) in [7, 11) is -6.69. The van der Waals surface area contributed by atoms with Gasteiger partial charge in [-0.15, -0.1) is 0 Å². The molecule has 3 heterocycles. The Morgan fingerprint density at radius 3 is 2.00 bits per heavy atom. The molecule has 0 bridgehead atoms. The number of nitrogens with zero attached hydrogens (tertiary/aromatic N) is 2. The minimum atomic E-state index is -4.13. The van der Waals surface area contributed by atoms with Crippen molar-refractivity contribution in [3.05, 3.63) is 78.4 Å². The van der Waals surface area contributed by atoms with Crippen LogP contribution in [0.1, 0.15) is 42.7 Å². The average molecular weight is 541 g/mol. The first-order valence-electron chi connectivity index (χ1n) is 11.9. The topological polar surface area (TPSA) is 112 Å². The van der Waals surface area contributed by atoms with Crippen LogP contribution in [-0.4, -0.2) is 50.6 Å². The van der Waals surface area contributed by atoms with Gasteiger partial charge in [0.2, 0.25) is 5.78 Å². The maximum atomic E-state index is 13.9. The Morgan fingerprint density at radius 1 is 0.838 bits per heavy atom. The van der Waals surface area contributed by atoms with Gasteiger partial charge < -0.3 is 9.14 Å². The zero-order valence-corrected chi connectivity index (χ0v) is 22.5. The fourth-order valence-electron chi connectivity index (χ4n) is 4.35. The molecule has 0 saturated heterocycles. The highest BCUT2D eigenvalue weighted by Crippen LogP contribution is 2.37. The summed E-state index contributed by atoms with van der Waals surface area (Å²) in [6.45, 7) is 3.40. The average Bonchev–Trinajstić information content (AvgIpc) is 3.25. The lowest BCUT2D eigenvalue weighted by atomic mass is 10.1. The van der Waals surface area contributed by atoms with Gasteiger partial charge in [-0.1, -0.05) is 13.8 Å². The Balaban J connectivity index is 2.13. The van der Waals surface area contributed by atoms with Gasteiger partial charge in [-0.3, -0.25) is 9.78 Å². The summed E-state index contributed by atoms with van der Waals surface area (Å²) in [5, 5.41) is 0. The van der Waals surface area contributed by atoms with E-state index < -0.39 is 30.4 Å². The summed E-state index contributed by atoms with van der Waals surface area (Å²) in [5.74, 6) is -0.610. The Morgan fingerprint density at radius 2 is 1.43 bits per heavy atom. The van der Waals surface area contributed by atoms with Crippen LogP contribution in [0.3, 0.4) is 0 Å². The maximum absolute atomic E-state index is 13.9. The van der Waals surface area contributed by atoms with Crippen LogP contribution in [0.4, 0.5) is 0 Å². The summed E-state index contributed by atoms with van der Waals surface area (Å²) in [5.41, 5.74) is 1.62. The number of sulfone groups is 2. The monoisotopic (exact) mass is 540 g/mol. The molecule has 0 N–H and O–H groups in total. The van der Waals surface area contributed by atoms with Gasteiger partial charge in [-0.05, 0) is 72.5 Å². The summed E-state index contributed by atoms with van der Waals surface area (Å²) < 4.78 is 61.0. The van der Waals surface area contributed by atoms with Crippen LogP contribution in [0, 0.1) is 0 Å². The van der Waals surface area contributed by atoms with E-state index in [0.717, 1.165) is 5.56 Å². The maximum Gasteiger partial charge on any atom is 0.211 e. The van der Waals surface area contributed by atoms with Crippen LogP contribution in [0.2, 0.25) is 0 Å². The zero-order chi connectivity index (χ0) is 26.8. The fraction of sp³-hybridized carbons (Fsp3) is 0.259. The van der Waals surface area contributed by atoms with Crippen LogP contribution < -0.4 is 4.74 Å². The summed E-state index contributed by atoms with van der Waals surface area (Å²) in [4.78, 5) is 17.1. The number of hydrogen-bond donors (Lipinski definition) is 0. The molecule has 37 heavy (non-hydrogen) atoms. The lowest BCUT2D eigenvalue weighted by molar-refractivity contribution is 0.103. The number of fused-ring (bicyclic) bond motifs is 1. The summed E-state index contributed by atoms with van der Waals surface area (Å²) in [6.07, 6.45) is 5.33. The first-order chi connectivity index (χ1) is 17.6. The van der Waals surface area contributed by atoms with Crippen molar-refractivity contribution in [1.29, 1.82) is 0 Å². The van der Waals surface area contributed by atoms with Crippen LogP contribution in [0.5, 0.6) is 5.75 Å². The first kappa shape index (κ1) is 26.6. The Hall–Kier alpha value is -3.50. The number of ether oxygens (including phenoxy) is 1. The van der Waals surface area contributed by atoms with Crippen molar-refractivity contribution < 1.29 is 26.4 Å². The van der Waals surface area contributed by atoms with Crippen molar-refractivity contribution in [2.24, 2.45) is 0 Å². The van der Waals surface area contributed by atoms with Gasteiger partial charge in [-0.2, -0.15) is 0 Å². The molecule has 4 aromatic rings. The second-order valence-corrected chi connectivity index (χ2v) is 12.7. The summed E-state index contributed by atoms with van der Waals surface area (Å²) >= 11 is 0. The minimum absolute atomic E-state index is 0.148. The van der Waals surface area contributed by atoms with E-state index in [4.69, 9.17) is 4.74 Å². The van der Waals surface area contributed by atoms with Gasteiger partial charge in [0.25, 0.3) is 0 Å². The van der Waals surface area contributed by atoms with Gasteiger partial charge in [0.15, 0.2) is 19.7 Å². The molecule has 0 atom stereocenters. The molecule has 4 rings (SSSR count). The predicted molar refractivity (Wildman–Crippen MR) is 142 cm³/mol. The van der Waals surface area contributed by atoms with Gasteiger partial charge in [-0.25, -0.2) is 16.8 Å². The number of ketones is 1. The zero-order valence-electron chi connectivity index (χ0n) is 20.8. The SMILES string of the molecule is CCCS(=O)(=O)c1c(S(=O)(=O)CCC)c2cc(-c3ccncc3)ccn2c1C(=O)c1ccc(OC)cc1. The quantitative estimate of drug-likeness (QED) is 0.270. The Labute approximate surface area is 216 Å². The molecule has 0 unspecified atom stereocenters. The van der Waals surface area contributed by atoms with Crippen molar-refractivity contribution in [1.82, 2.24) is 9.38 Å². The molecule has 0 fully saturated rings. The molecule has 0 aliphatic carbocycles. The van der Waals surface area contributed by atoms with Gasteiger partial charge in [0, 0.05) is 24.2 Å². The number of benzene rings is 1. The molecular formula is C27H28N2O6S2. The van der Waals surface area contributed by atoms with Crippen LogP contribution in [-0.2, 0) is 19.7 Å². The van der Waals surface area contributed by atoms with Gasteiger partial charge in [0.05, 0.1) is 24.1 Å². The molecule has 3 aromatic heterocycles. The Kier molecular flexibility index (Phi) is 7.52. The number of carbonyl (C=O) groups excluding carboxylic acids is 1. The number of carbonyl (C=O) groups is 1. The van der Waals surface area contributed by atoms with Crippen molar-refractivity contribution in [2.75, 3.05) is 18.6 Å². The largest absolute Gasteiger partial charge is 0.497 e. The Bertz CT molecular complexity index is 1660. The van der Waals surface area contributed by atoms with E-state index in [1.54, 1.807) is 68.8 Å². The first-order valence-corrected chi connectivity index (χ1v) is 15.2. The second kappa shape index (κ2) is 10.5. The fourth-order valence-corrected chi connectivity index (χ4v) is 8.32.